The zero-order valence-corrected chi connectivity index (χ0v) is 20.0. The van der Waals surface area contributed by atoms with Crippen LogP contribution in [-0.2, 0) is 17.9 Å². The van der Waals surface area contributed by atoms with Gasteiger partial charge in [-0.05, 0) is 43.9 Å². The molecule has 0 fully saturated rings. The van der Waals surface area contributed by atoms with Crippen LogP contribution in [0.5, 0.6) is 5.75 Å². The zero-order chi connectivity index (χ0) is 24.2. The van der Waals surface area contributed by atoms with Crippen LogP contribution in [0.25, 0.3) is 0 Å². The lowest BCUT2D eigenvalue weighted by molar-refractivity contribution is -0.132. The summed E-state index contributed by atoms with van der Waals surface area (Å²) in [5.74, 6) is 0.269. The molecule has 2 N–H and O–H groups in total. The normalized spacial score (nSPS) is 17.6. The average Bonchev–Trinajstić information content (AvgIpc) is 3.20. The molecule has 1 aromatic heterocycles. The molecule has 9 nitrogen and oxygen atoms in total. The van der Waals surface area contributed by atoms with Gasteiger partial charge in [-0.3, -0.25) is 19.1 Å². The first-order chi connectivity index (χ1) is 15.7. The van der Waals surface area contributed by atoms with Crippen molar-refractivity contribution in [2.24, 2.45) is 5.92 Å². The standard InChI is InChI=1S/C24H33N5O4/c1-6-33-18-9-7-17(8-10-18)14-26-21(30)19-13-20-22(31)28(5)24(4,15-29(20)27-19)23(32)25-12-11-16(2)3/h7-10,13,16H,6,11-12,14-15H2,1-5H3,(H,25,32)(H,26,30). The van der Waals surface area contributed by atoms with Crippen molar-refractivity contribution < 1.29 is 19.1 Å². The van der Waals surface area contributed by atoms with Gasteiger partial charge in [-0.1, -0.05) is 26.0 Å². The van der Waals surface area contributed by atoms with Gasteiger partial charge in [0.05, 0.1) is 13.2 Å². The van der Waals surface area contributed by atoms with E-state index in [-0.39, 0.29) is 35.7 Å². The third-order valence-electron chi connectivity index (χ3n) is 5.92. The van der Waals surface area contributed by atoms with E-state index in [1.165, 1.54) is 15.6 Å². The fraction of sp³-hybridized carbons (Fsp3) is 0.500. The molecule has 3 amide bonds. The summed E-state index contributed by atoms with van der Waals surface area (Å²) in [6, 6.07) is 8.93. The SMILES string of the molecule is CCOc1ccc(CNC(=O)c2cc3n(n2)CC(C)(C(=O)NCCC(C)C)N(C)C3=O)cc1. The van der Waals surface area contributed by atoms with Crippen LogP contribution in [0.1, 0.15) is 60.7 Å². The van der Waals surface area contributed by atoms with E-state index < -0.39 is 5.54 Å². The Hall–Kier alpha value is -3.36. The van der Waals surface area contributed by atoms with Gasteiger partial charge in [0.2, 0.25) is 5.91 Å². The lowest BCUT2D eigenvalue weighted by Gasteiger charge is -2.40. The summed E-state index contributed by atoms with van der Waals surface area (Å²) in [7, 11) is 1.60. The molecule has 3 rings (SSSR count). The van der Waals surface area contributed by atoms with E-state index in [0.29, 0.717) is 25.6 Å². The maximum atomic E-state index is 13.0. The highest BCUT2D eigenvalue weighted by molar-refractivity contribution is 6.01. The first kappa shape index (κ1) is 24.3. The van der Waals surface area contributed by atoms with Gasteiger partial charge in [0.15, 0.2) is 5.69 Å². The largest absolute Gasteiger partial charge is 0.494 e. The number of hydrogen-bond donors (Lipinski definition) is 2. The Labute approximate surface area is 194 Å². The van der Waals surface area contributed by atoms with Gasteiger partial charge in [-0.15, -0.1) is 0 Å². The van der Waals surface area contributed by atoms with Crippen molar-refractivity contribution in [3.05, 3.63) is 47.3 Å². The summed E-state index contributed by atoms with van der Waals surface area (Å²) in [6.07, 6.45) is 0.852. The quantitative estimate of drug-likeness (QED) is 0.603. The zero-order valence-electron chi connectivity index (χ0n) is 20.0. The Morgan fingerprint density at radius 3 is 2.55 bits per heavy atom. The van der Waals surface area contributed by atoms with Crippen LogP contribution in [0.3, 0.4) is 0 Å². The van der Waals surface area contributed by atoms with E-state index in [0.717, 1.165) is 17.7 Å². The van der Waals surface area contributed by atoms with Crippen LogP contribution in [-0.4, -0.2) is 58.1 Å². The minimum absolute atomic E-state index is 0.141. The molecule has 0 spiro atoms. The monoisotopic (exact) mass is 455 g/mol. The molecule has 9 heteroatoms. The second kappa shape index (κ2) is 10.1. The van der Waals surface area contributed by atoms with Crippen molar-refractivity contribution in [3.63, 3.8) is 0 Å². The lowest BCUT2D eigenvalue weighted by atomic mass is 9.95. The third kappa shape index (κ3) is 5.35. The molecular weight excluding hydrogens is 422 g/mol. The number of carbonyl (C=O) groups is 3. The van der Waals surface area contributed by atoms with E-state index in [9.17, 15) is 14.4 Å². The number of likely N-dealkylation sites (N-methyl/N-ethyl adjacent to an activating group) is 1. The number of amides is 3. The summed E-state index contributed by atoms with van der Waals surface area (Å²) >= 11 is 0. The predicted octanol–water partition coefficient (Wildman–Crippen LogP) is 2.22. The fourth-order valence-corrected chi connectivity index (χ4v) is 3.65. The summed E-state index contributed by atoms with van der Waals surface area (Å²) in [6.45, 7) is 9.43. The molecule has 1 unspecified atom stereocenters. The molecule has 2 aromatic rings. The van der Waals surface area contributed by atoms with E-state index in [2.05, 4.69) is 29.6 Å². The molecule has 0 radical (unpaired) electrons. The number of fused-ring (bicyclic) bond motifs is 1. The Kier molecular flexibility index (Phi) is 7.40. The summed E-state index contributed by atoms with van der Waals surface area (Å²) in [5, 5.41) is 10.1. The summed E-state index contributed by atoms with van der Waals surface area (Å²) < 4.78 is 6.88. The molecule has 0 saturated carbocycles. The number of benzene rings is 1. The minimum atomic E-state index is -1.09. The number of aromatic nitrogens is 2. The highest BCUT2D eigenvalue weighted by atomic mass is 16.5. The van der Waals surface area contributed by atoms with E-state index in [1.807, 2.05) is 31.2 Å². The lowest BCUT2D eigenvalue weighted by Crippen LogP contribution is -2.62. The number of hydrogen-bond acceptors (Lipinski definition) is 5. The molecular formula is C24H33N5O4. The molecule has 0 bridgehead atoms. The van der Waals surface area contributed by atoms with Gasteiger partial charge in [0, 0.05) is 26.2 Å². The molecule has 0 saturated heterocycles. The fourth-order valence-electron chi connectivity index (χ4n) is 3.65. The maximum absolute atomic E-state index is 13.0. The highest BCUT2D eigenvalue weighted by Gasteiger charge is 2.46. The van der Waals surface area contributed by atoms with E-state index >= 15 is 0 Å². The molecule has 1 aromatic carbocycles. The van der Waals surface area contributed by atoms with Crippen molar-refractivity contribution in [1.29, 1.82) is 0 Å². The number of ether oxygens (including phenoxy) is 1. The van der Waals surface area contributed by atoms with Gasteiger partial charge < -0.3 is 20.3 Å². The van der Waals surface area contributed by atoms with Gasteiger partial charge >= 0.3 is 0 Å². The maximum Gasteiger partial charge on any atom is 0.272 e. The Balaban J connectivity index is 1.68. The second-order valence-corrected chi connectivity index (χ2v) is 8.91. The number of nitrogens with one attached hydrogen (secondary N) is 2. The molecule has 33 heavy (non-hydrogen) atoms. The molecule has 2 heterocycles. The second-order valence-electron chi connectivity index (χ2n) is 8.91. The van der Waals surface area contributed by atoms with Gasteiger partial charge in [-0.25, -0.2) is 0 Å². The van der Waals surface area contributed by atoms with Crippen molar-refractivity contribution in [2.45, 2.75) is 52.7 Å². The molecule has 0 aliphatic carbocycles. The Bertz CT molecular complexity index is 1010. The summed E-state index contributed by atoms with van der Waals surface area (Å²) in [4.78, 5) is 40.0. The molecule has 178 valence electrons. The topological polar surface area (TPSA) is 106 Å². The van der Waals surface area contributed by atoms with Crippen LogP contribution in [0.15, 0.2) is 30.3 Å². The Morgan fingerprint density at radius 1 is 1.21 bits per heavy atom. The van der Waals surface area contributed by atoms with Crippen molar-refractivity contribution >= 4 is 17.7 Å². The van der Waals surface area contributed by atoms with Crippen LogP contribution in [0.4, 0.5) is 0 Å². The minimum Gasteiger partial charge on any atom is -0.494 e. The van der Waals surface area contributed by atoms with Crippen LogP contribution in [0, 0.1) is 5.92 Å². The van der Waals surface area contributed by atoms with Gasteiger partial charge in [0.25, 0.3) is 11.8 Å². The van der Waals surface area contributed by atoms with Crippen LogP contribution >= 0.6 is 0 Å². The van der Waals surface area contributed by atoms with Gasteiger partial charge in [-0.2, -0.15) is 5.10 Å². The first-order valence-electron chi connectivity index (χ1n) is 11.3. The number of nitrogens with zero attached hydrogens (tertiary/aromatic N) is 3. The van der Waals surface area contributed by atoms with Crippen molar-refractivity contribution in [1.82, 2.24) is 25.3 Å². The predicted molar refractivity (Wildman–Crippen MR) is 124 cm³/mol. The molecule has 1 aliphatic heterocycles. The molecule has 1 atom stereocenters. The van der Waals surface area contributed by atoms with Crippen molar-refractivity contribution in [2.75, 3.05) is 20.2 Å². The number of rotatable bonds is 9. The van der Waals surface area contributed by atoms with Crippen LogP contribution in [0.2, 0.25) is 0 Å². The first-order valence-corrected chi connectivity index (χ1v) is 11.3. The van der Waals surface area contributed by atoms with E-state index in [4.69, 9.17) is 4.74 Å². The molecule has 1 aliphatic rings. The highest BCUT2D eigenvalue weighted by Crippen LogP contribution is 2.26. The summed E-state index contributed by atoms with van der Waals surface area (Å²) in [5.41, 5.74) is 0.249. The Morgan fingerprint density at radius 2 is 1.91 bits per heavy atom. The average molecular weight is 456 g/mol. The smallest absolute Gasteiger partial charge is 0.272 e. The van der Waals surface area contributed by atoms with Crippen molar-refractivity contribution in [3.8, 4) is 5.75 Å². The van der Waals surface area contributed by atoms with Gasteiger partial charge in [0.1, 0.15) is 17.0 Å². The third-order valence-corrected chi connectivity index (χ3v) is 5.92. The van der Waals surface area contributed by atoms with E-state index in [1.54, 1.807) is 14.0 Å². The van der Waals surface area contributed by atoms with Crippen LogP contribution < -0.4 is 15.4 Å². The number of carbonyl (C=O) groups excluding carboxylic acids is 3.